The molecule has 21 heavy (non-hydrogen) atoms. The van der Waals surface area contributed by atoms with Gasteiger partial charge in [-0.2, -0.15) is 0 Å². The van der Waals surface area contributed by atoms with Gasteiger partial charge in [0.1, 0.15) is 11.3 Å². The molecule has 0 aliphatic heterocycles. The van der Waals surface area contributed by atoms with Crippen molar-refractivity contribution in [1.82, 2.24) is 9.55 Å². The van der Waals surface area contributed by atoms with Crippen LogP contribution in [0.15, 0.2) is 42.5 Å². The Morgan fingerprint density at radius 3 is 2.52 bits per heavy atom. The smallest absolute Gasteiger partial charge is 0.112 e. The van der Waals surface area contributed by atoms with E-state index in [9.17, 15) is 0 Å². The Labute approximate surface area is 129 Å². The number of nitrogen functional groups attached to an aromatic ring is 1. The van der Waals surface area contributed by atoms with Crippen molar-refractivity contribution in [1.29, 1.82) is 0 Å². The van der Waals surface area contributed by atoms with Crippen molar-refractivity contribution in [2.24, 2.45) is 0 Å². The van der Waals surface area contributed by atoms with Crippen LogP contribution in [0.5, 0.6) is 0 Å². The van der Waals surface area contributed by atoms with Gasteiger partial charge in [-0.3, -0.25) is 0 Å². The lowest BCUT2D eigenvalue weighted by Crippen LogP contribution is -2.06. The van der Waals surface area contributed by atoms with Crippen LogP contribution in [0.3, 0.4) is 0 Å². The minimum atomic E-state index is 0.337. The summed E-state index contributed by atoms with van der Waals surface area (Å²) in [6.45, 7) is 5.07. The number of anilines is 1. The fourth-order valence-electron chi connectivity index (χ4n) is 2.57. The van der Waals surface area contributed by atoms with E-state index in [1.165, 1.54) is 5.56 Å². The first-order valence-electron chi connectivity index (χ1n) is 7.05. The van der Waals surface area contributed by atoms with Gasteiger partial charge in [0, 0.05) is 17.5 Å². The molecular formula is C17H18ClN3. The maximum absolute atomic E-state index is 6.06. The van der Waals surface area contributed by atoms with Crippen LogP contribution in [0.25, 0.3) is 11.0 Å². The van der Waals surface area contributed by atoms with Crippen molar-refractivity contribution in [3.05, 3.63) is 58.9 Å². The van der Waals surface area contributed by atoms with Gasteiger partial charge in [-0.1, -0.05) is 43.6 Å². The molecule has 3 nitrogen and oxygen atoms in total. The Bertz CT molecular complexity index is 773. The molecule has 0 amide bonds. The lowest BCUT2D eigenvalue weighted by atomic mass is 10.2. The zero-order chi connectivity index (χ0) is 15.0. The van der Waals surface area contributed by atoms with Gasteiger partial charge in [0.05, 0.1) is 11.2 Å². The number of nitrogens with zero attached hydrogens (tertiary/aromatic N) is 2. The monoisotopic (exact) mass is 299 g/mol. The summed E-state index contributed by atoms with van der Waals surface area (Å²) in [4.78, 5) is 4.74. The molecule has 1 heterocycles. The number of halogens is 1. The summed E-state index contributed by atoms with van der Waals surface area (Å²) in [7, 11) is 0. The number of benzene rings is 2. The van der Waals surface area contributed by atoms with E-state index >= 15 is 0 Å². The minimum absolute atomic E-state index is 0.337. The van der Waals surface area contributed by atoms with Crippen LogP contribution in [-0.4, -0.2) is 9.55 Å². The standard InChI is InChI=1S/C17H18ClN3/c1-11(2)17-20-16-14(19)4-3-5-15(16)21(17)10-12-6-8-13(18)9-7-12/h3-9,11H,10,19H2,1-2H3. The molecule has 3 rings (SSSR count). The van der Waals surface area contributed by atoms with Crippen LogP contribution in [-0.2, 0) is 6.54 Å². The Morgan fingerprint density at radius 2 is 1.86 bits per heavy atom. The molecule has 0 saturated heterocycles. The zero-order valence-corrected chi connectivity index (χ0v) is 12.9. The number of rotatable bonds is 3. The molecule has 0 bridgehead atoms. The summed E-state index contributed by atoms with van der Waals surface area (Å²) >= 11 is 5.96. The van der Waals surface area contributed by atoms with Crippen molar-refractivity contribution < 1.29 is 0 Å². The first-order chi connectivity index (χ1) is 10.1. The summed E-state index contributed by atoms with van der Waals surface area (Å²) in [5.74, 6) is 1.39. The van der Waals surface area contributed by atoms with E-state index in [4.69, 9.17) is 22.3 Å². The fraction of sp³-hybridized carbons (Fsp3) is 0.235. The van der Waals surface area contributed by atoms with Gasteiger partial charge in [-0.25, -0.2) is 4.98 Å². The second-order valence-corrected chi connectivity index (χ2v) is 5.99. The van der Waals surface area contributed by atoms with Crippen molar-refractivity contribution in [2.45, 2.75) is 26.3 Å². The van der Waals surface area contributed by atoms with Crippen molar-refractivity contribution in [3.8, 4) is 0 Å². The molecule has 3 aromatic rings. The highest BCUT2D eigenvalue weighted by Crippen LogP contribution is 2.26. The minimum Gasteiger partial charge on any atom is -0.397 e. The van der Waals surface area contributed by atoms with E-state index in [0.717, 1.165) is 34.1 Å². The van der Waals surface area contributed by atoms with Gasteiger partial charge in [-0.05, 0) is 29.8 Å². The predicted molar refractivity (Wildman–Crippen MR) is 88.8 cm³/mol. The molecule has 1 aromatic heterocycles. The quantitative estimate of drug-likeness (QED) is 0.726. The van der Waals surface area contributed by atoms with Crippen LogP contribution in [0.2, 0.25) is 5.02 Å². The van der Waals surface area contributed by atoms with E-state index in [2.05, 4.69) is 24.5 Å². The number of aromatic nitrogens is 2. The second kappa shape index (κ2) is 5.41. The van der Waals surface area contributed by atoms with Gasteiger partial charge in [0.25, 0.3) is 0 Å². The third kappa shape index (κ3) is 2.61. The summed E-state index contributed by atoms with van der Waals surface area (Å²) in [5.41, 5.74) is 9.94. The molecule has 4 heteroatoms. The number of hydrogen-bond donors (Lipinski definition) is 1. The second-order valence-electron chi connectivity index (χ2n) is 5.55. The molecule has 0 fully saturated rings. The summed E-state index contributed by atoms with van der Waals surface area (Å²) in [6, 6.07) is 13.9. The molecule has 0 aliphatic carbocycles. The topological polar surface area (TPSA) is 43.8 Å². The van der Waals surface area contributed by atoms with E-state index in [1.807, 2.05) is 36.4 Å². The molecular weight excluding hydrogens is 282 g/mol. The van der Waals surface area contributed by atoms with E-state index < -0.39 is 0 Å². The highest BCUT2D eigenvalue weighted by atomic mass is 35.5. The molecule has 0 radical (unpaired) electrons. The van der Waals surface area contributed by atoms with E-state index in [-0.39, 0.29) is 0 Å². The highest BCUT2D eigenvalue weighted by molar-refractivity contribution is 6.30. The Morgan fingerprint density at radius 1 is 1.14 bits per heavy atom. The van der Waals surface area contributed by atoms with Crippen LogP contribution >= 0.6 is 11.6 Å². The summed E-state index contributed by atoms with van der Waals surface area (Å²) in [6.07, 6.45) is 0. The predicted octanol–water partition coefficient (Wildman–Crippen LogP) is 4.44. The number of fused-ring (bicyclic) bond motifs is 1. The highest BCUT2D eigenvalue weighted by Gasteiger charge is 2.15. The first kappa shape index (κ1) is 14.0. The molecule has 0 unspecified atom stereocenters. The van der Waals surface area contributed by atoms with Crippen LogP contribution < -0.4 is 5.73 Å². The maximum atomic E-state index is 6.06. The molecule has 0 spiro atoms. The zero-order valence-electron chi connectivity index (χ0n) is 12.2. The largest absolute Gasteiger partial charge is 0.397 e. The third-order valence-corrected chi connectivity index (χ3v) is 3.86. The SMILES string of the molecule is CC(C)c1nc2c(N)cccc2n1Cc1ccc(Cl)cc1. The first-order valence-corrected chi connectivity index (χ1v) is 7.43. The molecule has 0 saturated carbocycles. The Kier molecular flexibility index (Phi) is 3.60. The van der Waals surface area contributed by atoms with E-state index in [1.54, 1.807) is 0 Å². The normalized spacial score (nSPS) is 11.4. The number of para-hydroxylation sites is 1. The molecule has 2 aromatic carbocycles. The number of hydrogen-bond acceptors (Lipinski definition) is 2. The van der Waals surface area contributed by atoms with Crippen LogP contribution in [0.1, 0.15) is 31.2 Å². The van der Waals surface area contributed by atoms with Crippen molar-refractivity contribution >= 4 is 28.3 Å². The van der Waals surface area contributed by atoms with Gasteiger partial charge in [-0.15, -0.1) is 0 Å². The van der Waals surface area contributed by atoms with Gasteiger partial charge in [0.2, 0.25) is 0 Å². The molecule has 108 valence electrons. The third-order valence-electron chi connectivity index (χ3n) is 3.61. The van der Waals surface area contributed by atoms with Crippen molar-refractivity contribution in [3.63, 3.8) is 0 Å². The molecule has 2 N–H and O–H groups in total. The summed E-state index contributed by atoms with van der Waals surface area (Å²) < 4.78 is 2.24. The fourth-order valence-corrected chi connectivity index (χ4v) is 2.69. The lowest BCUT2D eigenvalue weighted by Gasteiger charge is -2.11. The number of nitrogens with two attached hydrogens (primary N) is 1. The average Bonchev–Trinajstić information content (AvgIpc) is 2.82. The van der Waals surface area contributed by atoms with Crippen LogP contribution in [0.4, 0.5) is 5.69 Å². The molecule has 0 atom stereocenters. The molecule has 0 aliphatic rings. The van der Waals surface area contributed by atoms with Gasteiger partial charge < -0.3 is 10.3 Å². The van der Waals surface area contributed by atoms with Gasteiger partial charge in [0.15, 0.2) is 0 Å². The van der Waals surface area contributed by atoms with E-state index in [0.29, 0.717) is 5.92 Å². The average molecular weight is 300 g/mol. The van der Waals surface area contributed by atoms with Gasteiger partial charge >= 0.3 is 0 Å². The lowest BCUT2D eigenvalue weighted by molar-refractivity contribution is 0.683. The maximum Gasteiger partial charge on any atom is 0.112 e. The van der Waals surface area contributed by atoms with Crippen LogP contribution in [0, 0.1) is 0 Å². The number of imidazole rings is 1. The summed E-state index contributed by atoms with van der Waals surface area (Å²) in [5, 5.41) is 0.752. The van der Waals surface area contributed by atoms with Crippen molar-refractivity contribution in [2.75, 3.05) is 5.73 Å². The Hall–Kier alpha value is -2.00. The Balaban J connectivity index is 2.13.